The zero-order valence-corrected chi connectivity index (χ0v) is 26.2. The topological polar surface area (TPSA) is 190 Å². The summed E-state index contributed by atoms with van der Waals surface area (Å²) < 4.78 is 22.9. The lowest BCUT2D eigenvalue weighted by Gasteiger charge is -2.53. The number of hydrogen-bond donors (Lipinski definition) is 3. The minimum Gasteiger partial charge on any atom is -0.463 e. The summed E-state index contributed by atoms with van der Waals surface area (Å²) in [7, 11) is 0. The fourth-order valence-corrected chi connectivity index (χ4v) is 6.70. The van der Waals surface area contributed by atoms with Gasteiger partial charge in [0.25, 0.3) is 0 Å². The van der Waals surface area contributed by atoms with E-state index in [0.717, 1.165) is 0 Å². The Kier molecular flexibility index (Phi) is 9.09. The fourth-order valence-electron chi connectivity index (χ4n) is 6.70. The molecule has 0 bridgehead atoms. The number of cyclic esters (lactones) is 1. The molecule has 2 unspecified atom stereocenters. The van der Waals surface area contributed by atoms with Crippen molar-refractivity contribution in [2.75, 3.05) is 19.7 Å². The normalized spacial score (nSPS) is 26.1. The third kappa shape index (κ3) is 6.42. The Labute approximate surface area is 266 Å². The third-order valence-electron chi connectivity index (χ3n) is 8.65. The van der Waals surface area contributed by atoms with Crippen molar-refractivity contribution in [3.63, 3.8) is 0 Å². The second-order valence-corrected chi connectivity index (χ2v) is 13.1. The van der Waals surface area contributed by atoms with Crippen molar-refractivity contribution in [2.24, 2.45) is 11.5 Å². The fraction of sp³-hybridized carbons (Fsp3) is 0.485. The molecule has 0 radical (unpaired) electrons. The molecule has 2 aromatic rings. The van der Waals surface area contributed by atoms with Crippen LogP contribution in [0, 0.1) is 0 Å². The Morgan fingerprint density at radius 2 is 1.83 bits per heavy atom. The molecular weight excluding hydrogens is 596 g/mol. The van der Waals surface area contributed by atoms with E-state index in [-0.39, 0.29) is 25.3 Å². The molecule has 46 heavy (non-hydrogen) atoms. The molecule has 3 heterocycles. The minimum atomic E-state index is -2.22. The molecule has 1 saturated heterocycles. The quantitative estimate of drug-likeness (QED) is 0.217. The molecule has 3 aliphatic heterocycles. The van der Waals surface area contributed by atoms with Gasteiger partial charge in [0.05, 0.1) is 11.8 Å². The van der Waals surface area contributed by atoms with Crippen molar-refractivity contribution in [3.8, 4) is 5.75 Å². The number of likely N-dealkylation sites (tertiary alicyclic amines) is 1. The first-order chi connectivity index (χ1) is 21.7. The minimum absolute atomic E-state index is 0.0158. The van der Waals surface area contributed by atoms with Crippen LogP contribution < -0.4 is 21.5 Å². The molecule has 3 aliphatic rings. The number of carbonyl (C=O) groups is 5. The van der Waals surface area contributed by atoms with Gasteiger partial charge < -0.3 is 35.7 Å². The van der Waals surface area contributed by atoms with Crippen molar-refractivity contribution >= 4 is 29.9 Å². The number of ether oxygens (including phenoxy) is 4. The lowest BCUT2D eigenvalue weighted by Crippen LogP contribution is -2.75. The van der Waals surface area contributed by atoms with E-state index in [4.69, 9.17) is 30.4 Å². The van der Waals surface area contributed by atoms with Gasteiger partial charge in [0.15, 0.2) is 5.54 Å². The molecule has 1 fully saturated rings. The van der Waals surface area contributed by atoms with Crippen molar-refractivity contribution in [1.82, 2.24) is 10.2 Å². The van der Waals surface area contributed by atoms with Gasteiger partial charge >= 0.3 is 24.0 Å². The van der Waals surface area contributed by atoms with E-state index in [1.165, 1.54) is 0 Å². The first kappa shape index (κ1) is 32.9. The van der Waals surface area contributed by atoms with Gasteiger partial charge in [-0.15, -0.1) is 0 Å². The highest BCUT2D eigenvalue weighted by Gasteiger charge is 2.66. The molecule has 0 saturated carbocycles. The monoisotopic (exact) mass is 636 g/mol. The molecule has 5 N–H and O–H groups in total. The van der Waals surface area contributed by atoms with Crippen LogP contribution in [0.25, 0.3) is 0 Å². The van der Waals surface area contributed by atoms with Gasteiger partial charge in [0.1, 0.15) is 36.6 Å². The SMILES string of the molecule is CC(C)(C)OC(=O)[C@@H]1CCCN1CC12COC(=O)C(N)Cc3cccc(c31)OC(=O)[C@]2(CC(N)=O)NC(=O)OCc1ccccc1. The van der Waals surface area contributed by atoms with E-state index in [2.05, 4.69) is 5.32 Å². The maximum absolute atomic E-state index is 14.3. The smallest absolute Gasteiger partial charge is 0.408 e. The number of amides is 2. The van der Waals surface area contributed by atoms with Crippen LogP contribution >= 0.6 is 0 Å². The average molecular weight is 637 g/mol. The second-order valence-electron chi connectivity index (χ2n) is 13.1. The zero-order chi connectivity index (χ0) is 33.3. The standard InChI is InChI=1S/C33H40N4O9/c1-31(2,3)46-28(40)23-12-8-14-37(23)18-32-19-44-27(39)22(34)15-21-11-7-13-24(26(21)32)45-29(41)33(32,16-25(35)38)36-30(42)43-17-20-9-5-4-6-10-20/h4-7,9-11,13,22-23H,8,12,14-19,34H2,1-3H3,(H2,35,38)(H,36,42)/t22?,23-,32?,33-/m0/s1. The summed E-state index contributed by atoms with van der Waals surface area (Å²) in [5, 5.41) is 2.66. The molecule has 0 aromatic heterocycles. The van der Waals surface area contributed by atoms with Gasteiger partial charge in [0.2, 0.25) is 5.91 Å². The average Bonchev–Trinajstić information content (AvgIpc) is 3.44. The van der Waals surface area contributed by atoms with E-state index in [1.807, 2.05) is 11.0 Å². The number of primary amides is 1. The Morgan fingerprint density at radius 3 is 2.52 bits per heavy atom. The number of nitrogens with one attached hydrogen (secondary N) is 1. The number of rotatable bonds is 8. The molecule has 2 aromatic carbocycles. The van der Waals surface area contributed by atoms with E-state index >= 15 is 0 Å². The number of carbonyl (C=O) groups excluding carboxylic acids is 5. The molecule has 13 nitrogen and oxygen atoms in total. The summed E-state index contributed by atoms with van der Waals surface area (Å²) in [4.78, 5) is 69.0. The van der Waals surface area contributed by atoms with Crippen LogP contribution in [0.5, 0.6) is 5.75 Å². The lowest BCUT2D eigenvalue weighted by atomic mass is 9.60. The number of nitrogens with zero attached hydrogens (tertiary/aromatic N) is 1. The van der Waals surface area contributed by atoms with Gasteiger partial charge in [-0.1, -0.05) is 42.5 Å². The zero-order valence-electron chi connectivity index (χ0n) is 26.2. The van der Waals surface area contributed by atoms with Crippen molar-refractivity contribution in [1.29, 1.82) is 0 Å². The first-order valence-corrected chi connectivity index (χ1v) is 15.3. The predicted molar refractivity (Wildman–Crippen MR) is 163 cm³/mol. The molecule has 4 atom stereocenters. The van der Waals surface area contributed by atoms with Crippen molar-refractivity contribution < 1.29 is 42.9 Å². The highest BCUT2D eigenvalue weighted by molar-refractivity contribution is 5.97. The molecule has 2 amide bonds. The predicted octanol–water partition coefficient (Wildman–Crippen LogP) is 1.62. The van der Waals surface area contributed by atoms with E-state index < -0.39 is 71.6 Å². The maximum Gasteiger partial charge on any atom is 0.408 e. The summed E-state index contributed by atoms with van der Waals surface area (Å²) in [6.07, 6.45) is -0.656. The highest BCUT2D eigenvalue weighted by atomic mass is 16.6. The van der Waals surface area contributed by atoms with Gasteiger partial charge in [-0.2, -0.15) is 0 Å². The highest BCUT2D eigenvalue weighted by Crippen LogP contribution is 2.51. The van der Waals surface area contributed by atoms with E-state index in [9.17, 15) is 24.0 Å². The van der Waals surface area contributed by atoms with Crippen LogP contribution in [0.15, 0.2) is 48.5 Å². The van der Waals surface area contributed by atoms with Crippen LogP contribution in [-0.4, -0.2) is 77.7 Å². The summed E-state index contributed by atoms with van der Waals surface area (Å²) in [5.41, 5.74) is 8.94. The number of benzene rings is 2. The van der Waals surface area contributed by atoms with Gasteiger partial charge in [-0.3, -0.25) is 19.3 Å². The summed E-state index contributed by atoms with van der Waals surface area (Å²) in [6.45, 7) is 4.96. The molecular formula is C33H40N4O9. The number of hydrogen-bond acceptors (Lipinski definition) is 11. The largest absolute Gasteiger partial charge is 0.463 e. The summed E-state index contributed by atoms with van der Waals surface area (Å²) >= 11 is 0. The van der Waals surface area contributed by atoms with Gasteiger partial charge in [-0.05, 0) is 63.8 Å². The molecule has 5 rings (SSSR count). The number of alkyl carbamates (subject to hydrolysis) is 1. The second kappa shape index (κ2) is 12.7. The van der Waals surface area contributed by atoms with Crippen molar-refractivity contribution in [2.45, 2.75) is 81.7 Å². The Balaban J connectivity index is 1.66. The van der Waals surface area contributed by atoms with E-state index in [1.54, 1.807) is 63.2 Å². The van der Waals surface area contributed by atoms with Crippen LogP contribution in [0.2, 0.25) is 0 Å². The molecule has 0 aliphatic carbocycles. The van der Waals surface area contributed by atoms with Gasteiger partial charge in [-0.25, -0.2) is 9.59 Å². The molecule has 246 valence electrons. The summed E-state index contributed by atoms with van der Waals surface area (Å²) in [5.74, 6) is -2.98. The van der Waals surface area contributed by atoms with Crippen LogP contribution in [0.1, 0.15) is 56.7 Å². The molecule has 13 heteroatoms. The first-order valence-electron chi connectivity index (χ1n) is 15.3. The Bertz CT molecular complexity index is 1520. The third-order valence-corrected chi connectivity index (χ3v) is 8.65. The van der Waals surface area contributed by atoms with Gasteiger partial charge in [0, 0.05) is 12.1 Å². The summed E-state index contributed by atoms with van der Waals surface area (Å²) in [6, 6.07) is 12.1. The lowest BCUT2D eigenvalue weighted by molar-refractivity contribution is -0.165. The number of esters is 3. The maximum atomic E-state index is 14.3. The van der Waals surface area contributed by atoms with Crippen LogP contribution in [0.4, 0.5) is 4.79 Å². The van der Waals surface area contributed by atoms with E-state index in [0.29, 0.717) is 36.1 Å². The Hall–Kier alpha value is -4.49. The van der Waals surface area contributed by atoms with Crippen molar-refractivity contribution in [3.05, 3.63) is 65.2 Å². The molecule has 0 spiro atoms. The van der Waals surface area contributed by atoms with Crippen LogP contribution in [-0.2, 0) is 51.8 Å². The van der Waals surface area contributed by atoms with Crippen LogP contribution in [0.3, 0.4) is 0 Å². The Morgan fingerprint density at radius 1 is 1.09 bits per heavy atom. The number of nitrogens with two attached hydrogens (primary N) is 2.